The van der Waals surface area contributed by atoms with E-state index in [1.807, 2.05) is 6.92 Å². The van der Waals surface area contributed by atoms with Gasteiger partial charge in [0, 0.05) is 12.2 Å². The Morgan fingerprint density at radius 1 is 1.00 bits per heavy atom. The molecule has 2 atom stereocenters. The number of methoxy groups -OCH3 is 1. The normalized spacial score (nSPS) is 12.5. The zero-order valence-electron chi connectivity index (χ0n) is 23.7. The third-order valence-electron chi connectivity index (χ3n) is 5.81. The van der Waals surface area contributed by atoms with Gasteiger partial charge in [-0.05, 0) is 69.2 Å². The van der Waals surface area contributed by atoms with Gasteiger partial charge >= 0.3 is 6.09 Å². The molecule has 0 fully saturated rings. The zero-order valence-corrected chi connectivity index (χ0v) is 23.7. The lowest BCUT2D eigenvalue weighted by molar-refractivity contribution is -0.142. The van der Waals surface area contributed by atoms with Gasteiger partial charge in [0.1, 0.15) is 29.2 Å². The largest absolute Gasteiger partial charge is 0.508 e. The topological polar surface area (TPSA) is 160 Å². The summed E-state index contributed by atoms with van der Waals surface area (Å²) in [5.74, 6) is -1.43. The van der Waals surface area contributed by atoms with E-state index in [4.69, 9.17) is 15.2 Å². The number of nitrogens with one attached hydrogen (secondary N) is 2. The molecule has 0 aliphatic heterocycles. The molecule has 0 aromatic heterocycles. The van der Waals surface area contributed by atoms with Crippen LogP contribution in [0.1, 0.15) is 65.0 Å². The molecule has 5 N–H and O–H groups in total. The second kappa shape index (κ2) is 14.8. The molecule has 4 amide bonds. The second-order valence-electron chi connectivity index (χ2n) is 10.3. The number of nitrogens with two attached hydrogens (primary N) is 1. The molecule has 0 saturated heterocycles. The smallest absolute Gasteiger partial charge is 0.408 e. The maximum atomic E-state index is 14.0. The lowest BCUT2D eigenvalue weighted by Crippen LogP contribution is -2.53. The summed E-state index contributed by atoms with van der Waals surface area (Å²) in [5, 5.41) is 15.1. The number of aromatic hydroxyl groups is 1. The van der Waals surface area contributed by atoms with Crippen molar-refractivity contribution in [2.24, 2.45) is 5.73 Å². The van der Waals surface area contributed by atoms with Crippen LogP contribution in [0.2, 0.25) is 0 Å². The van der Waals surface area contributed by atoms with Gasteiger partial charge in [-0.3, -0.25) is 14.4 Å². The highest BCUT2D eigenvalue weighted by Crippen LogP contribution is 2.27. The van der Waals surface area contributed by atoms with Gasteiger partial charge in [0.2, 0.25) is 11.8 Å². The average Bonchev–Trinajstić information content (AvgIpc) is 2.87. The van der Waals surface area contributed by atoms with Gasteiger partial charge in [0.25, 0.3) is 5.91 Å². The van der Waals surface area contributed by atoms with Crippen molar-refractivity contribution in [2.75, 3.05) is 19.0 Å². The first-order chi connectivity index (χ1) is 18.8. The summed E-state index contributed by atoms with van der Waals surface area (Å²) in [5.41, 5.74) is 5.47. The van der Waals surface area contributed by atoms with Gasteiger partial charge in [-0.2, -0.15) is 0 Å². The number of phenols is 1. The van der Waals surface area contributed by atoms with E-state index in [0.717, 1.165) is 12.8 Å². The number of alkyl carbamates (subject to hydrolysis) is 1. The minimum absolute atomic E-state index is 0.0138. The van der Waals surface area contributed by atoms with E-state index in [1.165, 1.54) is 36.3 Å². The van der Waals surface area contributed by atoms with Crippen LogP contribution in [0.3, 0.4) is 0 Å². The van der Waals surface area contributed by atoms with E-state index in [2.05, 4.69) is 10.6 Å². The number of hydrogen-bond acceptors (Lipinski definition) is 7. The molecular weight excluding hydrogens is 516 g/mol. The van der Waals surface area contributed by atoms with Crippen LogP contribution in [0.15, 0.2) is 48.5 Å². The molecule has 0 aliphatic rings. The minimum Gasteiger partial charge on any atom is -0.508 e. The summed E-state index contributed by atoms with van der Waals surface area (Å²) in [6.07, 6.45) is 0.786. The lowest BCUT2D eigenvalue weighted by Gasteiger charge is -2.34. The summed E-state index contributed by atoms with van der Waals surface area (Å²) >= 11 is 0. The minimum atomic E-state index is -1.37. The van der Waals surface area contributed by atoms with Crippen LogP contribution < -0.4 is 21.1 Å². The molecule has 2 aromatic carbocycles. The van der Waals surface area contributed by atoms with Gasteiger partial charge in [-0.15, -0.1) is 0 Å². The van der Waals surface area contributed by atoms with E-state index in [-0.39, 0.29) is 12.3 Å². The highest BCUT2D eigenvalue weighted by Gasteiger charge is 2.37. The lowest BCUT2D eigenvalue weighted by atomic mass is 10.0. The van der Waals surface area contributed by atoms with E-state index in [9.17, 15) is 24.3 Å². The van der Waals surface area contributed by atoms with E-state index in [1.54, 1.807) is 45.0 Å². The molecule has 11 nitrogen and oxygen atoms in total. The van der Waals surface area contributed by atoms with Gasteiger partial charge in [-0.1, -0.05) is 31.9 Å². The SMILES string of the molecule is CCCCCN(C(=O)C(CC(N)=O)NC(=O)OC(C)(C)C)C(C(=O)Nc1ccc(OC)cc1)c1ccc(O)cc1. The molecule has 2 unspecified atom stereocenters. The number of anilines is 1. The predicted octanol–water partition coefficient (Wildman–Crippen LogP) is 3.87. The molecule has 11 heteroatoms. The van der Waals surface area contributed by atoms with Crippen molar-refractivity contribution in [1.29, 1.82) is 0 Å². The van der Waals surface area contributed by atoms with Crippen LogP contribution in [-0.4, -0.2) is 59.1 Å². The number of rotatable bonds is 13. The van der Waals surface area contributed by atoms with E-state index >= 15 is 0 Å². The number of ether oxygens (including phenoxy) is 2. The quantitative estimate of drug-likeness (QED) is 0.272. The standard InChI is InChI=1S/C29H40N4O7/c1-6-7-8-17-33(27(37)23(18-24(30)35)32-28(38)40-29(2,3)4)25(19-9-13-21(34)14-10-19)26(36)31-20-11-15-22(39-5)16-12-20/h9-16,23,25,34H,6-8,17-18H2,1-5H3,(H2,30,35)(H,31,36)(H,32,38). The number of hydrogen-bond donors (Lipinski definition) is 4. The number of benzene rings is 2. The summed E-state index contributed by atoms with van der Waals surface area (Å²) in [4.78, 5) is 53.6. The molecule has 0 aliphatic carbocycles. The van der Waals surface area contributed by atoms with Crippen molar-refractivity contribution in [1.82, 2.24) is 10.2 Å². The van der Waals surface area contributed by atoms with Crippen LogP contribution in [0.25, 0.3) is 0 Å². The molecule has 0 radical (unpaired) electrons. The van der Waals surface area contributed by atoms with Gasteiger partial charge < -0.3 is 35.8 Å². The number of carbonyl (C=O) groups excluding carboxylic acids is 4. The van der Waals surface area contributed by atoms with Crippen molar-refractivity contribution in [2.45, 2.75) is 71.1 Å². The van der Waals surface area contributed by atoms with Crippen molar-refractivity contribution in [3.8, 4) is 11.5 Å². The van der Waals surface area contributed by atoms with Crippen LogP contribution in [0.5, 0.6) is 11.5 Å². The van der Waals surface area contributed by atoms with Crippen LogP contribution >= 0.6 is 0 Å². The molecule has 218 valence electrons. The molecular formula is C29H40N4O7. The second-order valence-corrected chi connectivity index (χ2v) is 10.3. The molecule has 0 heterocycles. The number of phenolic OH excluding ortho intramolecular Hbond substituents is 1. The van der Waals surface area contributed by atoms with Gasteiger partial charge in [0.15, 0.2) is 0 Å². The predicted molar refractivity (Wildman–Crippen MR) is 151 cm³/mol. The van der Waals surface area contributed by atoms with Gasteiger partial charge in [-0.25, -0.2) is 4.79 Å². The molecule has 0 bridgehead atoms. The van der Waals surface area contributed by atoms with Crippen molar-refractivity contribution in [3.63, 3.8) is 0 Å². The first-order valence-electron chi connectivity index (χ1n) is 13.2. The van der Waals surface area contributed by atoms with Crippen molar-refractivity contribution >= 4 is 29.5 Å². The Hall–Kier alpha value is -4.28. The van der Waals surface area contributed by atoms with Crippen LogP contribution in [0.4, 0.5) is 10.5 Å². The molecule has 0 spiro atoms. The van der Waals surface area contributed by atoms with Crippen LogP contribution in [-0.2, 0) is 19.1 Å². The van der Waals surface area contributed by atoms with Crippen molar-refractivity contribution < 1.29 is 33.8 Å². The number of amides is 4. The number of nitrogens with zero attached hydrogens (tertiary/aromatic N) is 1. The fraction of sp³-hybridized carbons (Fsp3) is 0.448. The maximum absolute atomic E-state index is 14.0. The van der Waals surface area contributed by atoms with E-state index < -0.39 is 47.9 Å². The highest BCUT2D eigenvalue weighted by molar-refractivity contribution is 5.99. The Bertz CT molecular complexity index is 1140. The third kappa shape index (κ3) is 10.1. The molecule has 2 rings (SSSR count). The third-order valence-corrected chi connectivity index (χ3v) is 5.81. The van der Waals surface area contributed by atoms with Crippen LogP contribution in [0, 0.1) is 0 Å². The Balaban J connectivity index is 2.52. The number of carbonyl (C=O) groups is 4. The maximum Gasteiger partial charge on any atom is 0.408 e. The van der Waals surface area contributed by atoms with Crippen molar-refractivity contribution in [3.05, 3.63) is 54.1 Å². The molecule has 0 saturated carbocycles. The number of unbranched alkanes of at least 4 members (excludes halogenated alkanes) is 2. The monoisotopic (exact) mass is 556 g/mol. The average molecular weight is 557 g/mol. The van der Waals surface area contributed by atoms with E-state index in [0.29, 0.717) is 23.4 Å². The molecule has 40 heavy (non-hydrogen) atoms. The summed E-state index contributed by atoms with van der Waals surface area (Å²) < 4.78 is 10.5. The fourth-order valence-electron chi connectivity index (χ4n) is 3.96. The zero-order chi connectivity index (χ0) is 29.9. The van der Waals surface area contributed by atoms with Gasteiger partial charge in [0.05, 0.1) is 13.5 Å². The highest BCUT2D eigenvalue weighted by atomic mass is 16.6. The first kappa shape index (κ1) is 31.9. The fourth-order valence-corrected chi connectivity index (χ4v) is 3.96. The summed E-state index contributed by atoms with van der Waals surface area (Å²) in [7, 11) is 1.53. The summed E-state index contributed by atoms with van der Waals surface area (Å²) in [6, 6.07) is 10.1. The Kier molecular flexibility index (Phi) is 11.8. The first-order valence-corrected chi connectivity index (χ1v) is 13.2. The Labute approximate surface area is 235 Å². The number of primary amides is 1. The Morgan fingerprint density at radius 3 is 2.15 bits per heavy atom. The Morgan fingerprint density at radius 2 is 1.62 bits per heavy atom. The molecule has 2 aromatic rings. The summed E-state index contributed by atoms with van der Waals surface area (Å²) in [6.45, 7) is 7.15.